The Kier molecular flexibility index (Phi) is 5.32. The van der Waals surface area contributed by atoms with Gasteiger partial charge >= 0.3 is 0 Å². The number of piperidine rings is 1. The number of carbonyl (C=O) groups is 1. The van der Waals surface area contributed by atoms with E-state index in [1.54, 1.807) is 13.2 Å². The number of aromatic nitrogens is 1. The number of pyridine rings is 1. The third-order valence-corrected chi connectivity index (χ3v) is 7.10. The molecular formula is C28H26N2O5. The summed E-state index contributed by atoms with van der Waals surface area (Å²) in [6.07, 6.45) is 0.987. The van der Waals surface area contributed by atoms with Gasteiger partial charge in [-0.15, -0.1) is 0 Å². The number of amides is 1. The molecule has 2 atom stereocenters. The van der Waals surface area contributed by atoms with Crippen LogP contribution in [0.3, 0.4) is 0 Å². The predicted molar refractivity (Wildman–Crippen MR) is 131 cm³/mol. The van der Waals surface area contributed by atoms with Crippen LogP contribution in [0.4, 0.5) is 0 Å². The molecular weight excluding hydrogens is 444 g/mol. The smallest absolute Gasteiger partial charge is 0.290 e. The molecule has 7 nitrogen and oxygen atoms in total. The first-order chi connectivity index (χ1) is 17.1. The van der Waals surface area contributed by atoms with Gasteiger partial charge in [0.15, 0.2) is 5.76 Å². The number of hydrogen-bond acceptors (Lipinski definition) is 5. The second-order valence-corrected chi connectivity index (χ2v) is 9.28. The minimum Gasteiger partial charge on any atom is -0.497 e. The molecule has 1 fully saturated rings. The Hall–Kier alpha value is -4.00. The lowest BCUT2D eigenvalue weighted by Gasteiger charge is -2.42. The summed E-state index contributed by atoms with van der Waals surface area (Å²) in [5, 5.41) is 0.874. The highest BCUT2D eigenvalue weighted by atomic mass is 16.5. The normalized spacial score (nSPS) is 18.8. The Labute approximate surface area is 202 Å². The summed E-state index contributed by atoms with van der Waals surface area (Å²) >= 11 is 0. The fraction of sp³-hybridized carbons (Fsp3) is 0.286. The average Bonchev–Trinajstić information content (AvgIpc) is 3.26. The molecule has 2 aliphatic rings. The molecule has 0 radical (unpaired) electrons. The third-order valence-electron chi connectivity index (χ3n) is 7.10. The Morgan fingerprint density at radius 3 is 2.60 bits per heavy atom. The van der Waals surface area contributed by atoms with Gasteiger partial charge < -0.3 is 23.4 Å². The lowest BCUT2D eigenvalue weighted by atomic mass is 9.83. The van der Waals surface area contributed by atoms with E-state index >= 15 is 0 Å². The number of ether oxygens (including phenoxy) is 2. The lowest BCUT2D eigenvalue weighted by Crippen LogP contribution is -2.49. The van der Waals surface area contributed by atoms with Crippen LogP contribution in [0.2, 0.25) is 0 Å². The molecule has 1 amide bonds. The van der Waals surface area contributed by atoms with Crippen molar-refractivity contribution in [1.29, 1.82) is 0 Å². The molecule has 1 saturated heterocycles. The highest BCUT2D eigenvalue weighted by molar-refractivity contribution is 5.99. The number of benzene rings is 2. The standard InChI is InChI=1S/C28H26N2O5/c1-33-20-9-11-21(12-10-20)34-17-23-22-5-2-3-7-25(22)35-27(23)28(32)29-14-18-13-19(16-29)24-6-4-8-26(31)30(24)15-18/h2-12,18-19H,13-17H2,1H3. The third kappa shape index (κ3) is 3.87. The van der Waals surface area contributed by atoms with Crippen molar-refractivity contribution in [2.45, 2.75) is 25.5 Å². The Bertz CT molecular complexity index is 1450. The Morgan fingerprint density at radius 2 is 1.77 bits per heavy atom. The number of likely N-dealkylation sites (tertiary alicyclic amines) is 1. The zero-order chi connectivity index (χ0) is 23.9. The quantitative estimate of drug-likeness (QED) is 0.431. The molecule has 2 aromatic heterocycles. The van der Waals surface area contributed by atoms with E-state index in [1.807, 2.05) is 70.1 Å². The minimum absolute atomic E-state index is 0.0345. The highest BCUT2D eigenvalue weighted by Gasteiger charge is 2.38. The molecule has 0 spiro atoms. The van der Waals surface area contributed by atoms with Gasteiger partial charge in [0, 0.05) is 48.3 Å². The van der Waals surface area contributed by atoms with Crippen LogP contribution in [0.15, 0.2) is 75.9 Å². The molecule has 35 heavy (non-hydrogen) atoms. The molecule has 4 aromatic rings. The molecule has 178 valence electrons. The second kappa shape index (κ2) is 8.65. The van der Waals surface area contributed by atoms with Crippen LogP contribution in [0.1, 0.15) is 34.2 Å². The van der Waals surface area contributed by atoms with Crippen molar-refractivity contribution in [3.63, 3.8) is 0 Å². The molecule has 0 aliphatic carbocycles. The lowest BCUT2D eigenvalue weighted by molar-refractivity contribution is 0.0562. The molecule has 2 aliphatic heterocycles. The number of hydrogen-bond donors (Lipinski definition) is 0. The van der Waals surface area contributed by atoms with E-state index in [2.05, 4.69) is 0 Å². The van der Waals surface area contributed by atoms with E-state index in [0.29, 0.717) is 36.7 Å². The summed E-state index contributed by atoms with van der Waals surface area (Å²) in [5.41, 5.74) is 2.46. The molecule has 0 saturated carbocycles. The zero-order valence-corrected chi connectivity index (χ0v) is 19.5. The van der Waals surface area contributed by atoms with Crippen molar-refractivity contribution in [2.75, 3.05) is 20.2 Å². The first kappa shape index (κ1) is 21.5. The second-order valence-electron chi connectivity index (χ2n) is 9.28. The average molecular weight is 471 g/mol. The predicted octanol–water partition coefficient (Wildman–Crippen LogP) is 4.44. The van der Waals surface area contributed by atoms with Gasteiger partial charge in [-0.1, -0.05) is 24.3 Å². The Balaban J connectivity index is 1.29. The van der Waals surface area contributed by atoms with Crippen molar-refractivity contribution in [1.82, 2.24) is 9.47 Å². The fourth-order valence-electron chi connectivity index (χ4n) is 5.45. The van der Waals surface area contributed by atoms with E-state index in [-0.39, 0.29) is 29.9 Å². The van der Waals surface area contributed by atoms with E-state index in [1.165, 1.54) is 0 Å². The maximum Gasteiger partial charge on any atom is 0.290 e. The zero-order valence-electron chi connectivity index (χ0n) is 19.5. The number of para-hydroxylation sites is 1. The van der Waals surface area contributed by atoms with Gasteiger partial charge in [-0.2, -0.15) is 0 Å². The van der Waals surface area contributed by atoms with E-state index < -0.39 is 0 Å². The topological polar surface area (TPSA) is 73.9 Å². The monoisotopic (exact) mass is 470 g/mol. The van der Waals surface area contributed by atoms with E-state index in [9.17, 15) is 9.59 Å². The SMILES string of the molecule is COc1ccc(OCc2c(C(=O)N3CC4CC(C3)c3cccc(=O)n3C4)oc3ccccc23)cc1. The van der Waals surface area contributed by atoms with Crippen LogP contribution in [0.25, 0.3) is 11.0 Å². The molecule has 7 heteroatoms. The van der Waals surface area contributed by atoms with Crippen LogP contribution in [0, 0.1) is 5.92 Å². The Morgan fingerprint density at radius 1 is 0.971 bits per heavy atom. The highest BCUT2D eigenvalue weighted by Crippen LogP contribution is 2.37. The minimum atomic E-state index is -0.129. The van der Waals surface area contributed by atoms with Crippen LogP contribution < -0.4 is 15.0 Å². The van der Waals surface area contributed by atoms with Crippen LogP contribution in [0.5, 0.6) is 11.5 Å². The maximum atomic E-state index is 13.8. The van der Waals surface area contributed by atoms with Crippen molar-refractivity contribution in [3.05, 3.63) is 94.1 Å². The fourth-order valence-corrected chi connectivity index (χ4v) is 5.45. The van der Waals surface area contributed by atoms with Gasteiger partial charge in [0.1, 0.15) is 23.7 Å². The first-order valence-corrected chi connectivity index (χ1v) is 11.9. The van der Waals surface area contributed by atoms with Gasteiger partial charge in [0.05, 0.1) is 7.11 Å². The summed E-state index contributed by atoms with van der Waals surface area (Å²) in [6, 6.07) is 20.4. The van der Waals surface area contributed by atoms with Crippen molar-refractivity contribution >= 4 is 16.9 Å². The number of furan rings is 1. The summed E-state index contributed by atoms with van der Waals surface area (Å²) in [4.78, 5) is 28.0. The number of rotatable bonds is 5. The van der Waals surface area contributed by atoms with Crippen molar-refractivity contribution < 1.29 is 18.7 Å². The molecule has 0 N–H and O–H groups in total. The number of nitrogens with zero attached hydrogens (tertiary/aromatic N) is 2. The largest absolute Gasteiger partial charge is 0.497 e. The molecule has 2 bridgehead atoms. The number of fused-ring (bicyclic) bond motifs is 5. The van der Waals surface area contributed by atoms with Gasteiger partial charge in [-0.05, 0) is 48.7 Å². The van der Waals surface area contributed by atoms with Gasteiger partial charge in [0.25, 0.3) is 11.5 Å². The summed E-state index contributed by atoms with van der Waals surface area (Å²) in [7, 11) is 1.62. The summed E-state index contributed by atoms with van der Waals surface area (Å²) in [6.45, 7) is 2.02. The van der Waals surface area contributed by atoms with Crippen molar-refractivity contribution in [3.8, 4) is 11.5 Å². The van der Waals surface area contributed by atoms with Crippen LogP contribution >= 0.6 is 0 Å². The molecule has 6 rings (SSSR count). The van der Waals surface area contributed by atoms with E-state index in [0.717, 1.165) is 28.8 Å². The number of methoxy groups -OCH3 is 1. The van der Waals surface area contributed by atoms with Crippen molar-refractivity contribution in [2.24, 2.45) is 5.92 Å². The number of carbonyl (C=O) groups excluding carboxylic acids is 1. The van der Waals surface area contributed by atoms with Crippen LogP contribution in [-0.2, 0) is 13.2 Å². The van der Waals surface area contributed by atoms with Gasteiger partial charge in [-0.25, -0.2) is 0 Å². The van der Waals surface area contributed by atoms with Gasteiger partial charge in [-0.3, -0.25) is 9.59 Å². The maximum absolute atomic E-state index is 13.8. The van der Waals surface area contributed by atoms with Gasteiger partial charge in [0.2, 0.25) is 0 Å². The summed E-state index contributed by atoms with van der Waals surface area (Å²) in [5.74, 6) is 2.02. The van der Waals surface area contributed by atoms with E-state index in [4.69, 9.17) is 13.9 Å². The molecule has 2 unspecified atom stereocenters. The molecule has 2 aromatic carbocycles. The first-order valence-electron chi connectivity index (χ1n) is 11.9. The summed E-state index contributed by atoms with van der Waals surface area (Å²) < 4.78 is 19.2. The van der Waals surface area contributed by atoms with Crippen LogP contribution in [-0.4, -0.2) is 35.6 Å². The molecule has 4 heterocycles.